The number of rotatable bonds is 10. The third-order valence-corrected chi connectivity index (χ3v) is 4.41. The van der Waals surface area contributed by atoms with Crippen LogP contribution in [0.1, 0.15) is 24.5 Å². The molecule has 0 spiro atoms. The first kappa shape index (κ1) is 20.5. The fourth-order valence-corrected chi connectivity index (χ4v) is 2.83. The lowest BCUT2D eigenvalue weighted by atomic mass is 10.1. The standard InChI is InChI=1S/C22H28N2O3/c1-18(25)24(16-6-9-19-7-4-3-5-8-19)17-22(26)23-15-14-20-10-12-21(27-2)13-11-20/h3-5,7-8,10-13H,6,9,14-17H2,1-2H3,(H,23,26). The molecule has 1 N–H and O–H groups in total. The number of hydrogen-bond acceptors (Lipinski definition) is 3. The molecule has 0 fully saturated rings. The van der Waals surface area contributed by atoms with E-state index >= 15 is 0 Å². The summed E-state index contributed by atoms with van der Waals surface area (Å²) in [6.07, 6.45) is 2.47. The minimum atomic E-state index is -0.126. The van der Waals surface area contributed by atoms with Crippen molar-refractivity contribution in [3.63, 3.8) is 0 Å². The lowest BCUT2D eigenvalue weighted by molar-refractivity contribution is -0.134. The summed E-state index contributed by atoms with van der Waals surface area (Å²) < 4.78 is 5.13. The molecule has 5 heteroatoms. The zero-order valence-corrected chi connectivity index (χ0v) is 16.1. The normalized spacial score (nSPS) is 10.3. The van der Waals surface area contributed by atoms with Crippen LogP contribution >= 0.6 is 0 Å². The summed E-state index contributed by atoms with van der Waals surface area (Å²) >= 11 is 0. The van der Waals surface area contributed by atoms with Gasteiger partial charge in [-0.25, -0.2) is 0 Å². The van der Waals surface area contributed by atoms with E-state index in [4.69, 9.17) is 4.74 Å². The van der Waals surface area contributed by atoms with Crippen molar-refractivity contribution >= 4 is 11.8 Å². The minimum Gasteiger partial charge on any atom is -0.497 e. The van der Waals surface area contributed by atoms with E-state index in [0.717, 1.165) is 30.6 Å². The summed E-state index contributed by atoms with van der Waals surface area (Å²) in [5.74, 6) is 0.613. The topological polar surface area (TPSA) is 58.6 Å². The predicted octanol–water partition coefficient (Wildman–Crippen LogP) is 2.84. The minimum absolute atomic E-state index is 0.0756. The highest BCUT2D eigenvalue weighted by Gasteiger charge is 2.13. The van der Waals surface area contributed by atoms with Crippen LogP contribution in [0, 0.1) is 0 Å². The van der Waals surface area contributed by atoms with Gasteiger partial charge in [0.05, 0.1) is 13.7 Å². The van der Waals surface area contributed by atoms with Gasteiger partial charge in [-0.3, -0.25) is 9.59 Å². The van der Waals surface area contributed by atoms with Crippen molar-refractivity contribution in [2.45, 2.75) is 26.2 Å². The largest absolute Gasteiger partial charge is 0.497 e. The second-order valence-electron chi connectivity index (χ2n) is 6.48. The van der Waals surface area contributed by atoms with Gasteiger partial charge in [0.15, 0.2) is 0 Å². The number of ether oxygens (including phenoxy) is 1. The quantitative estimate of drug-likeness (QED) is 0.702. The van der Waals surface area contributed by atoms with E-state index in [1.54, 1.807) is 12.0 Å². The molecule has 0 aliphatic carbocycles. The van der Waals surface area contributed by atoms with Crippen molar-refractivity contribution in [1.29, 1.82) is 0 Å². The Labute approximate surface area is 161 Å². The average Bonchev–Trinajstić information content (AvgIpc) is 2.68. The number of methoxy groups -OCH3 is 1. The van der Waals surface area contributed by atoms with Gasteiger partial charge in [0.25, 0.3) is 0 Å². The molecule has 0 bridgehead atoms. The molecule has 5 nitrogen and oxygen atoms in total. The summed E-state index contributed by atoms with van der Waals surface area (Å²) in [5.41, 5.74) is 2.37. The first-order valence-electron chi connectivity index (χ1n) is 9.27. The van der Waals surface area contributed by atoms with Crippen molar-refractivity contribution in [3.8, 4) is 5.75 Å². The van der Waals surface area contributed by atoms with E-state index in [0.29, 0.717) is 13.1 Å². The number of nitrogens with zero attached hydrogens (tertiary/aromatic N) is 1. The number of carbonyl (C=O) groups is 2. The lowest BCUT2D eigenvalue weighted by Crippen LogP contribution is -2.40. The fraction of sp³-hybridized carbons (Fsp3) is 0.364. The number of aryl methyl sites for hydroxylation is 1. The maximum Gasteiger partial charge on any atom is 0.239 e. The smallest absolute Gasteiger partial charge is 0.239 e. The van der Waals surface area contributed by atoms with Crippen LogP contribution in [0.3, 0.4) is 0 Å². The molecule has 27 heavy (non-hydrogen) atoms. The number of benzene rings is 2. The maximum atomic E-state index is 12.2. The summed E-state index contributed by atoms with van der Waals surface area (Å²) in [4.78, 5) is 25.6. The first-order chi connectivity index (χ1) is 13.1. The third kappa shape index (κ3) is 7.52. The molecule has 144 valence electrons. The van der Waals surface area contributed by atoms with Crippen LogP contribution in [-0.2, 0) is 22.4 Å². The van der Waals surface area contributed by atoms with Gasteiger partial charge >= 0.3 is 0 Å². The Bertz CT molecular complexity index is 714. The highest BCUT2D eigenvalue weighted by atomic mass is 16.5. The van der Waals surface area contributed by atoms with E-state index < -0.39 is 0 Å². The van der Waals surface area contributed by atoms with Gasteiger partial charge in [0, 0.05) is 20.0 Å². The fourth-order valence-electron chi connectivity index (χ4n) is 2.83. The molecule has 0 heterocycles. The van der Waals surface area contributed by atoms with Crippen molar-refractivity contribution in [2.75, 3.05) is 26.7 Å². The Morgan fingerprint density at radius 2 is 1.63 bits per heavy atom. The van der Waals surface area contributed by atoms with E-state index in [1.165, 1.54) is 12.5 Å². The average molecular weight is 368 g/mol. The van der Waals surface area contributed by atoms with Crippen LogP contribution in [0.2, 0.25) is 0 Å². The monoisotopic (exact) mass is 368 g/mol. The molecule has 0 aliphatic rings. The van der Waals surface area contributed by atoms with Crippen LogP contribution in [0.4, 0.5) is 0 Å². The third-order valence-electron chi connectivity index (χ3n) is 4.41. The van der Waals surface area contributed by atoms with E-state index in [9.17, 15) is 9.59 Å². The predicted molar refractivity (Wildman–Crippen MR) is 107 cm³/mol. The molecular formula is C22H28N2O3. The molecule has 0 unspecified atom stereocenters. The molecule has 2 amide bonds. The van der Waals surface area contributed by atoms with Gasteiger partial charge in [0.1, 0.15) is 5.75 Å². The highest BCUT2D eigenvalue weighted by molar-refractivity contribution is 5.83. The van der Waals surface area contributed by atoms with Gasteiger partial charge in [-0.15, -0.1) is 0 Å². The number of amides is 2. The Morgan fingerprint density at radius 1 is 0.963 bits per heavy atom. The van der Waals surface area contributed by atoms with Crippen molar-refractivity contribution in [3.05, 3.63) is 65.7 Å². The van der Waals surface area contributed by atoms with Gasteiger partial charge in [-0.1, -0.05) is 42.5 Å². The molecule has 2 aromatic carbocycles. The van der Waals surface area contributed by atoms with Crippen molar-refractivity contribution in [2.24, 2.45) is 0 Å². The SMILES string of the molecule is COc1ccc(CCNC(=O)CN(CCCc2ccccc2)C(C)=O)cc1. The van der Waals surface area contributed by atoms with Crippen LogP contribution in [0.5, 0.6) is 5.75 Å². The van der Waals surface area contributed by atoms with E-state index in [-0.39, 0.29) is 18.4 Å². The van der Waals surface area contributed by atoms with Crippen LogP contribution < -0.4 is 10.1 Å². The molecule has 2 aromatic rings. The maximum absolute atomic E-state index is 12.2. The zero-order valence-electron chi connectivity index (χ0n) is 16.1. The van der Waals surface area contributed by atoms with Gasteiger partial charge in [-0.2, -0.15) is 0 Å². The Morgan fingerprint density at radius 3 is 2.26 bits per heavy atom. The Kier molecular flexibility index (Phi) is 8.36. The second kappa shape index (κ2) is 11.0. The molecular weight excluding hydrogens is 340 g/mol. The van der Waals surface area contributed by atoms with E-state index in [2.05, 4.69) is 17.4 Å². The van der Waals surface area contributed by atoms with Crippen molar-refractivity contribution in [1.82, 2.24) is 10.2 Å². The van der Waals surface area contributed by atoms with Crippen LogP contribution in [-0.4, -0.2) is 43.5 Å². The van der Waals surface area contributed by atoms with Crippen LogP contribution in [0.15, 0.2) is 54.6 Å². The Hall–Kier alpha value is -2.82. The number of hydrogen-bond donors (Lipinski definition) is 1. The number of carbonyl (C=O) groups excluding carboxylic acids is 2. The van der Waals surface area contributed by atoms with Gasteiger partial charge in [-0.05, 0) is 42.5 Å². The summed E-state index contributed by atoms with van der Waals surface area (Å²) in [7, 11) is 1.63. The first-order valence-corrected chi connectivity index (χ1v) is 9.27. The lowest BCUT2D eigenvalue weighted by Gasteiger charge is -2.20. The van der Waals surface area contributed by atoms with E-state index in [1.807, 2.05) is 42.5 Å². The molecule has 0 saturated heterocycles. The van der Waals surface area contributed by atoms with Crippen molar-refractivity contribution < 1.29 is 14.3 Å². The summed E-state index contributed by atoms with van der Waals surface area (Å²) in [6, 6.07) is 17.9. The molecule has 0 aromatic heterocycles. The van der Waals surface area contributed by atoms with Gasteiger partial charge in [0.2, 0.25) is 11.8 Å². The van der Waals surface area contributed by atoms with Crippen LogP contribution in [0.25, 0.3) is 0 Å². The molecule has 0 atom stereocenters. The Balaban J connectivity index is 1.71. The molecule has 0 saturated carbocycles. The van der Waals surface area contributed by atoms with Gasteiger partial charge < -0.3 is 15.0 Å². The molecule has 0 radical (unpaired) electrons. The zero-order chi connectivity index (χ0) is 19.5. The summed E-state index contributed by atoms with van der Waals surface area (Å²) in [5, 5.41) is 2.89. The second-order valence-corrected chi connectivity index (χ2v) is 6.48. The number of nitrogens with one attached hydrogen (secondary N) is 1. The highest BCUT2D eigenvalue weighted by Crippen LogP contribution is 2.11. The molecule has 2 rings (SSSR count). The summed E-state index contributed by atoms with van der Waals surface area (Å²) in [6.45, 7) is 2.73. The molecule has 0 aliphatic heterocycles.